The van der Waals surface area contributed by atoms with Gasteiger partial charge in [-0.3, -0.25) is 0 Å². The number of methoxy groups -OCH3 is 1. The van der Waals surface area contributed by atoms with E-state index < -0.39 is 0 Å². The lowest BCUT2D eigenvalue weighted by Crippen LogP contribution is -2.29. The number of benzene rings is 1. The molecule has 0 aliphatic carbocycles. The highest BCUT2D eigenvalue weighted by atomic mass is 35.5. The Morgan fingerprint density at radius 3 is 2.53 bits per heavy atom. The molecule has 1 aliphatic heterocycles. The largest absolute Gasteiger partial charge is 0.495 e. The van der Waals surface area contributed by atoms with E-state index in [0.29, 0.717) is 5.92 Å². The summed E-state index contributed by atoms with van der Waals surface area (Å²) in [5.41, 5.74) is 2.48. The number of aryl methyl sites for hydroxylation is 1. The van der Waals surface area contributed by atoms with Crippen LogP contribution in [0.15, 0.2) is 12.1 Å². The molecule has 0 amide bonds. The smallest absolute Gasteiger partial charge is 0.138 e. The summed E-state index contributed by atoms with van der Waals surface area (Å²) in [5, 5.41) is 0.740. The molecule has 3 heteroatoms. The lowest BCUT2D eigenvalue weighted by molar-refractivity contribution is 0.255. The minimum Gasteiger partial charge on any atom is -0.495 e. The van der Waals surface area contributed by atoms with Crippen molar-refractivity contribution in [2.75, 3.05) is 27.2 Å². The van der Waals surface area contributed by atoms with E-state index in [1.54, 1.807) is 7.11 Å². The molecule has 0 saturated carbocycles. The van der Waals surface area contributed by atoms with E-state index in [9.17, 15) is 0 Å². The third-order valence-corrected chi connectivity index (χ3v) is 4.14. The zero-order chi connectivity index (χ0) is 12.4. The van der Waals surface area contributed by atoms with Gasteiger partial charge in [0.15, 0.2) is 0 Å². The standard InChI is InChI=1S/C14H20ClNO/c1-10-8-12(9-13(17-3)14(10)15)11-4-6-16(2)7-5-11/h8-9,11H,4-7H2,1-3H3. The number of halogens is 1. The van der Waals surface area contributed by atoms with Crippen LogP contribution in [0.25, 0.3) is 0 Å². The molecule has 94 valence electrons. The summed E-state index contributed by atoms with van der Waals surface area (Å²) in [6, 6.07) is 4.31. The van der Waals surface area contributed by atoms with Crippen molar-refractivity contribution in [2.45, 2.75) is 25.7 Å². The molecular weight excluding hydrogens is 234 g/mol. The Morgan fingerprint density at radius 1 is 1.29 bits per heavy atom. The van der Waals surface area contributed by atoms with Crippen LogP contribution in [0, 0.1) is 6.92 Å². The first-order valence-electron chi connectivity index (χ1n) is 6.14. The number of rotatable bonds is 2. The maximum absolute atomic E-state index is 6.19. The molecule has 0 atom stereocenters. The van der Waals surface area contributed by atoms with E-state index >= 15 is 0 Å². The molecule has 0 aromatic heterocycles. The van der Waals surface area contributed by atoms with Crippen LogP contribution in [-0.4, -0.2) is 32.1 Å². The second kappa shape index (κ2) is 5.28. The van der Waals surface area contributed by atoms with E-state index in [2.05, 4.69) is 24.1 Å². The molecule has 0 radical (unpaired) electrons. The molecule has 1 saturated heterocycles. The maximum Gasteiger partial charge on any atom is 0.138 e. The van der Waals surface area contributed by atoms with Gasteiger partial charge in [-0.1, -0.05) is 17.7 Å². The van der Waals surface area contributed by atoms with Gasteiger partial charge in [-0.25, -0.2) is 0 Å². The van der Waals surface area contributed by atoms with E-state index in [0.717, 1.165) is 16.3 Å². The summed E-state index contributed by atoms with van der Waals surface area (Å²) in [5.74, 6) is 1.46. The van der Waals surface area contributed by atoms with E-state index in [-0.39, 0.29) is 0 Å². The molecule has 0 unspecified atom stereocenters. The van der Waals surface area contributed by atoms with Crippen molar-refractivity contribution in [3.63, 3.8) is 0 Å². The fourth-order valence-corrected chi connectivity index (χ4v) is 2.68. The van der Waals surface area contributed by atoms with Gasteiger partial charge in [0, 0.05) is 0 Å². The average Bonchev–Trinajstić information content (AvgIpc) is 2.33. The molecular formula is C14H20ClNO. The summed E-state index contributed by atoms with van der Waals surface area (Å²) in [6.45, 7) is 4.40. The van der Waals surface area contributed by atoms with Crippen molar-refractivity contribution in [1.82, 2.24) is 4.90 Å². The molecule has 0 N–H and O–H groups in total. The molecule has 1 aliphatic rings. The molecule has 1 aromatic rings. The van der Waals surface area contributed by atoms with Crippen molar-refractivity contribution < 1.29 is 4.74 Å². The van der Waals surface area contributed by atoms with Gasteiger partial charge in [-0.2, -0.15) is 0 Å². The van der Waals surface area contributed by atoms with Crippen LogP contribution in [0.2, 0.25) is 5.02 Å². The lowest BCUT2D eigenvalue weighted by atomic mass is 9.88. The Bertz CT molecular complexity index is 397. The number of hydrogen-bond donors (Lipinski definition) is 0. The molecule has 1 aromatic carbocycles. The van der Waals surface area contributed by atoms with E-state index in [1.807, 2.05) is 6.92 Å². The van der Waals surface area contributed by atoms with E-state index in [4.69, 9.17) is 16.3 Å². The summed E-state index contributed by atoms with van der Waals surface area (Å²) in [4.78, 5) is 2.39. The van der Waals surface area contributed by atoms with Gasteiger partial charge in [0.05, 0.1) is 12.1 Å². The molecule has 0 bridgehead atoms. The van der Waals surface area contributed by atoms with Crippen molar-refractivity contribution in [1.29, 1.82) is 0 Å². The van der Waals surface area contributed by atoms with Crippen molar-refractivity contribution >= 4 is 11.6 Å². The SMILES string of the molecule is COc1cc(C2CCN(C)CC2)cc(C)c1Cl. The van der Waals surface area contributed by atoms with Crippen LogP contribution < -0.4 is 4.74 Å². The number of ether oxygens (including phenoxy) is 1. The van der Waals surface area contributed by atoms with Gasteiger partial charge in [0.25, 0.3) is 0 Å². The first-order chi connectivity index (χ1) is 8.11. The Hall–Kier alpha value is -0.730. The molecule has 0 spiro atoms. The van der Waals surface area contributed by atoms with Crippen molar-refractivity contribution in [3.05, 3.63) is 28.3 Å². The van der Waals surface area contributed by atoms with Crippen LogP contribution in [-0.2, 0) is 0 Å². The van der Waals surface area contributed by atoms with Crippen LogP contribution >= 0.6 is 11.6 Å². The topological polar surface area (TPSA) is 12.5 Å². The van der Waals surface area contributed by atoms with Crippen LogP contribution in [0.1, 0.15) is 29.9 Å². The summed E-state index contributed by atoms with van der Waals surface area (Å²) < 4.78 is 5.34. The van der Waals surface area contributed by atoms with Gasteiger partial charge in [-0.05, 0) is 63.0 Å². The predicted molar refractivity (Wildman–Crippen MR) is 72.2 cm³/mol. The Labute approximate surface area is 109 Å². The fourth-order valence-electron chi connectivity index (χ4n) is 2.49. The highest BCUT2D eigenvalue weighted by molar-refractivity contribution is 6.32. The Balaban J connectivity index is 2.24. The van der Waals surface area contributed by atoms with Crippen molar-refractivity contribution in [2.24, 2.45) is 0 Å². The summed E-state index contributed by atoms with van der Waals surface area (Å²) in [6.07, 6.45) is 2.45. The summed E-state index contributed by atoms with van der Waals surface area (Å²) in [7, 11) is 3.86. The third-order valence-electron chi connectivity index (χ3n) is 3.65. The monoisotopic (exact) mass is 253 g/mol. The molecule has 1 heterocycles. The quantitative estimate of drug-likeness (QED) is 0.800. The minimum atomic E-state index is 0.649. The Kier molecular flexibility index (Phi) is 3.95. The van der Waals surface area contributed by atoms with Gasteiger partial charge in [0.1, 0.15) is 5.75 Å². The predicted octanol–water partition coefficient (Wildman–Crippen LogP) is 3.47. The number of piperidine rings is 1. The van der Waals surface area contributed by atoms with E-state index in [1.165, 1.54) is 31.5 Å². The fraction of sp³-hybridized carbons (Fsp3) is 0.571. The van der Waals surface area contributed by atoms with Gasteiger partial charge < -0.3 is 9.64 Å². The highest BCUT2D eigenvalue weighted by Crippen LogP contribution is 2.35. The maximum atomic E-state index is 6.19. The highest BCUT2D eigenvalue weighted by Gasteiger charge is 2.20. The lowest BCUT2D eigenvalue weighted by Gasteiger charge is -2.29. The van der Waals surface area contributed by atoms with Gasteiger partial charge in [0.2, 0.25) is 0 Å². The first kappa shape index (κ1) is 12.7. The average molecular weight is 254 g/mol. The minimum absolute atomic E-state index is 0.649. The number of nitrogens with zero attached hydrogens (tertiary/aromatic N) is 1. The van der Waals surface area contributed by atoms with Crippen LogP contribution in [0.4, 0.5) is 0 Å². The van der Waals surface area contributed by atoms with Crippen LogP contribution in [0.3, 0.4) is 0 Å². The molecule has 17 heavy (non-hydrogen) atoms. The second-order valence-electron chi connectivity index (χ2n) is 4.93. The third kappa shape index (κ3) is 2.75. The normalized spacial score (nSPS) is 18.4. The number of likely N-dealkylation sites (tertiary alicyclic amines) is 1. The summed E-state index contributed by atoms with van der Waals surface area (Å²) >= 11 is 6.19. The zero-order valence-corrected chi connectivity index (χ0v) is 11.5. The van der Waals surface area contributed by atoms with Crippen LogP contribution in [0.5, 0.6) is 5.75 Å². The van der Waals surface area contributed by atoms with Gasteiger partial charge in [-0.15, -0.1) is 0 Å². The van der Waals surface area contributed by atoms with Crippen molar-refractivity contribution in [3.8, 4) is 5.75 Å². The molecule has 2 nitrogen and oxygen atoms in total. The first-order valence-corrected chi connectivity index (χ1v) is 6.52. The second-order valence-corrected chi connectivity index (χ2v) is 5.31. The number of hydrogen-bond acceptors (Lipinski definition) is 2. The van der Waals surface area contributed by atoms with Gasteiger partial charge >= 0.3 is 0 Å². The Morgan fingerprint density at radius 2 is 1.94 bits per heavy atom. The molecule has 2 rings (SSSR count). The molecule has 1 fully saturated rings. The zero-order valence-electron chi connectivity index (χ0n) is 10.8.